The third kappa shape index (κ3) is 2.45. The highest BCUT2D eigenvalue weighted by molar-refractivity contribution is 7.90. The van der Waals surface area contributed by atoms with Crippen LogP contribution in [0.5, 0.6) is 0 Å². The molecule has 1 atom stereocenters. The van der Waals surface area contributed by atoms with Crippen LogP contribution in [-0.4, -0.2) is 19.7 Å². The molecular weight excluding hydrogens is 162 g/mol. The molecule has 0 bridgehead atoms. The fourth-order valence-corrected chi connectivity index (χ4v) is 2.51. The van der Waals surface area contributed by atoms with Gasteiger partial charge < -0.3 is 0 Å². The zero-order chi connectivity index (χ0) is 8.48. The number of rotatable bonds is 4. The van der Waals surface area contributed by atoms with Crippen LogP contribution < -0.4 is 4.72 Å². The Morgan fingerprint density at radius 1 is 1.55 bits per heavy atom. The van der Waals surface area contributed by atoms with Crippen LogP contribution in [0.3, 0.4) is 0 Å². The van der Waals surface area contributed by atoms with Crippen LogP contribution in [0.4, 0.5) is 0 Å². The molecular formula is C7H15NO2S. The Morgan fingerprint density at radius 2 is 2.09 bits per heavy atom. The van der Waals surface area contributed by atoms with Gasteiger partial charge >= 0.3 is 0 Å². The van der Waals surface area contributed by atoms with Gasteiger partial charge in [-0.25, -0.2) is 13.1 Å². The van der Waals surface area contributed by atoms with Gasteiger partial charge in [0.05, 0.1) is 5.25 Å². The van der Waals surface area contributed by atoms with Crippen molar-refractivity contribution in [2.75, 3.05) is 0 Å². The molecule has 3 nitrogen and oxygen atoms in total. The third-order valence-corrected chi connectivity index (χ3v) is 4.02. The molecule has 0 spiro atoms. The molecule has 4 heteroatoms. The van der Waals surface area contributed by atoms with Gasteiger partial charge in [-0.05, 0) is 26.2 Å². The van der Waals surface area contributed by atoms with Crippen molar-refractivity contribution >= 4 is 10.0 Å². The SMILES string of the molecule is CCC(C)NS(=O)(=O)C1CC1. The minimum absolute atomic E-state index is 0.0839. The first-order chi connectivity index (χ1) is 5.06. The molecule has 0 aromatic rings. The fraction of sp³-hybridized carbons (Fsp3) is 1.00. The Labute approximate surface area is 68.2 Å². The molecule has 0 saturated heterocycles. The van der Waals surface area contributed by atoms with Crippen LogP contribution in [0.25, 0.3) is 0 Å². The molecule has 1 N–H and O–H groups in total. The van der Waals surface area contributed by atoms with E-state index in [1.54, 1.807) is 0 Å². The van der Waals surface area contributed by atoms with Gasteiger partial charge in [0.15, 0.2) is 0 Å². The predicted molar refractivity (Wildman–Crippen MR) is 44.8 cm³/mol. The summed E-state index contributed by atoms with van der Waals surface area (Å²) in [5.74, 6) is 0. The van der Waals surface area contributed by atoms with Crippen molar-refractivity contribution in [3.63, 3.8) is 0 Å². The number of sulfonamides is 1. The minimum Gasteiger partial charge on any atom is -0.212 e. The molecule has 1 unspecified atom stereocenters. The summed E-state index contributed by atoms with van der Waals surface area (Å²) in [7, 11) is -2.95. The largest absolute Gasteiger partial charge is 0.214 e. The van der Waals surface area contributed by atoms with Gasteiger partial charge in [0.25, 0.3) is 0 Å². The van der Waals surface area contributed by atoms with Crippen molar-refractivity contribution in [2.24, 2.45) is 0 Å². The highest BCUT2D eigenvalue weighted by Gasteiger charge is 2.35. The average molecular weight is 177 g/mol. The Hall–Kier alpha value is -0.0900. The maximum atomic E-state index is 11.3. The summed E-state index contributed by atoms with van der Waals surface area (Å²) in [5.41, 5.74) is 0. The summed E-state index contributed by atoms with van der Waals surface area (Å²) in [6.45, 7) is 3.86. The van der Waals surface area contributed by atoms with Gasteiger partial charge in [0.2, 0.25) is 10.0 Å². The van der Waals surface area contributed by atoms with Gasteiger partial charge in [0, 0.05) is 6.04 Å². The molecule has 0 aromatic carbocycles. The van der Waals surface area contributed by atoms with E-state index in [-0.39, 0.29) is 11.3 Å². The summed E-state index contributed by atoms with van der Waals surface area (Å²) in [5, 5.41) is -0.0866. The predicted octanol–water partition coefficient (Wildman–Crippen LogP) is 0.867. The maximum absolute atomic E-state index is 11.3. The molecule has 1 rings (SSSR count). The Morgan fingerprint density at radius 3 is 2.45 bits per heavy atom. The van der Waals surface area contributed by atoms with E-state index in [0.29, 0.717) is 0 Å². The molecule has 1 fully saturated rings. The standard InChI is InChI=1S/C7H15NO2S/c1-3-6(2)8-11(9,10)7-4-5-7/h6-8H,3-5H2,1-2H3. The topological polar surface area (TPSA) is 46.2 Å². The summed E-state index contributed by atoms with van der Waals surface area (Å²) in [6, 6.07) is 0.0839. The number of hydrogen-bond donors (Lipinski definition) is 1. The second kappa shape index (κ2) is 3.11. The molecule has 0 heterocycles. The summed E-state index contributed by atoms with van der Waals surface area (Å²) in [6.07, 6.45) is 2.53. The quantitative estimate of drug-likeness (QED) is 0.692. The summed E-state index contributed by atoms with van der Waals surface area (Å²) >= 11 is 0. The lowest BCUT2D eigenvalue weighted by Gasteiger charge is -2.10. The van der Waals surface area contributed by atoms with E-state index in [0.717, 1.165) is 19.3 Å². The molecule has 0 aromatic heterocycles. The van der Waals surface area contributed by atoms with E-state index in [4.69, 9.17) is 0 Å². The van der Waals surface area contributed by atoms with Gasteiger partial charge in [-0.2, -0.15) is 0 Å². The Bertz CT molecular complexity index is 219. The Balaban J connectivity index is 2.46. The van der Waals surface area contributed by atoms with E-state index < -0.39 is 10.0 Å². The molecule has 1 saturated carbocycles. The van der Waals surface area contributed by atoms with Gasteiger partial charge in [-0.3, -0.25) is 0 Å². The first-order valence-electron chi connectivity index (χ1n) is 4.07. The van der Waals surface area contributed by atoms with E-state index in [9.17, 15) is 8.42 Å². The molecule has 66 valence electrons. The first kappa shape index (κ1) is 9.00. The van der Waals surface area contributed by atoms with E-state index >= 15 is 0 Å². The molecule has 0 amide bonds. The second-order valence-electron chi connectivity index (χ2n) is 3.17. The molecule has 0 radical (unpaired) electrons. The van der Waals surface area contributed by atoms with Crippen LogP contribution in [0.15, 0.2) is 0 Å². The molecule has 0 aliphatic heterocycles. The fourth-order valence-electron chi connectivity index (χ4n) is 0.838. The van der Waals surface area contributed by atoms with Gasteiger partial charge in [-0.1, -0.05) is 6.92 Å². The van der Waals surface area contributed by atoms with Gasteiger partial charge in [-0.15, -0.1) is 0 Å². The maximum Gasteiger partial charge on any atom is 0.214 e. The van der Waals surface area contributed by atoms with Crippen molar-refractivity contribution in [1.29, 1.82) is 0 Å². The molecule has 11 heavy (non-hydrogen) atoms. The van der Waals surface area contributed by atoms with E-state index in [1.165, 1.54) is 0 Å². The van der Waals surface area contributed by atoms with Crippen LogP contribution in [0.2, 0.25) is 0 Å². The monoisotopic (exact) mass is 177 g/mol. The number of hydrogen-bond acceptors (Lipinski definition) is 2. The second-order valence-corrected chi connectivity index (χ2v) is 5.16. The molecule has 1 aliphatic rings. The normalized spacial score (nSPS) is 21.6. The lowest BCUT2D eigenvalue weighted by molar-refractivity contribution is 0.554. The van der Waals surface area contributed by atoms with Gasteiger partial charge in [0.1, 0.15) is 0 Å². The average Bonchev–Trinajstić information content (AvgIpc) is 2.66. The lowest BCUT2D eigenvalue weighted by Crippen LogP contribution is -2.34. The Kier molecular flexibility index (Phi) is 2.54. The first-order valence-corrected chi connectivity index (χ1v) is 5.62. The van der Waals surface area contributed by atoms with Crippen molar-refractivity contribution in [3.8, 4) is 0 Å². The van der Waals surface area contributed by atoms with Crippen molar-refractivity contribution < 1.29 is 8.42 Å². The summed E-state index contributed by atoms with van der Waals surface area (Å²) in [4.78, 5) is 0. The highest BCUT2D eigenvalue weighted by atomic mass is 32.2. The van der Waals surface area contributed by atoms with Crippen molar-refractivity contribution in [2.45, 2.75) is 44.4 Å². The lowest BCUT2D eigenvalue weighted by atomic mass is 10.3. The smallest absolute Gasteiger partial charge is 0.212 e. The van der Waals surface area contributed by atoms with Crippen LogP contribution in [0, 0.1) is 0 Å². The van der Waals surface area contributed by atoms with Crippen LogP contribution in [-0.2, 0) is 10.0 Å². The third-order valence-electron chi connectivity index (χ3n) is 1.94. The highest BCUT2D eigenvalue weighted by Crippen LogP contribution is 2.27. The molecule has 1 aliphatic carbocycles. The van der Waals surface area contributed by atoms with E-state index in [2.05, 4.69) is 4.72 Å². The van der Waals surface area contributed by atoms with Crippen molar-refractivity contribution in [3.05, 3.63) is 0 Å². The zero-order valence-electron chi connectivity index (χ0n) is 7.00. The van der Waals surface area contributed by atoms with Crippen LogP contribution >= 0.6 is 0 Å². The van der Waals surface area contributed by atoms with E-state index in [1.807, 2.05) is 13.8 Å². The summed E-state index contributed by atoms with van der Waals surface area (Å²) < 4.78 is 25.1. The minimum atomic E-state index is -2.95. The van der Waals surface area contributed by atoms with Crippen LogP contribution in [0.1, 0.15) is 33.1 Å². The number of nitrogens with one attached hydrogen (secondary N) is 1. The zero-order valence-corrected chi connectivity index (χ0v) is 7.82. The van der Waals surface area contributed by atoms with Crippen molar-refractivity contribution in [1.82, 2.24) is 4.72 Å².